The number of amides is 1. The van der Waals surface area contributed by atoms with Gasteiger partial charge in [-0.15, -0.1) is 0 Å². The summed E-state index contributed by atoms with van der Waals surface area (Å²) in [4.78, 5) is 12.2. The van der Waals surface area contributed by atoms with Gasteiger partial charge in [-0.25, -0.2) is 0 Å². The Kier molecular flexibility index (Phi) is 4.15. The van der Waals surface area contributed by atoms with Crippen molar-refractivity contribution in [3.05, 3.63) is 52.5 Å². The number of carbonyl (C=O) groups is 1. The molecule has 0 aliphatic heterocycles. The highest BCUT2D eigenvalue weighted by Gasteiger charge is 2.12. The summed E-state index contributed by atoms with van der Waals surface area (Å²) in [6.45, 7) is 1.92. The minimum atomic E-state index is -0.308. The number of rotatable bonds is 3. The van der Waals surface area contributed by atoms with E-state index in [0.29, 0.717) is 27.7 Å². The Balaban J connectivity index is 2.26. The molecule has 0 bridgehead atoms. The summed E-state index contributed by atoms with van der Waals surface area (Å²) in [5.41, 5.74) is 8.14. The molecule has 20 heavy (non-hydrogen) atoms. The van der Waals surface area contributed by atoms with Crippen LogP contribution >= 0.6 is 11.6 Å². The van der Waals surface area contributed by atoms with Crippen LogP contribution in [0, 0.1) is 6.92 Å². The fourth-order valence-corrected chi connectivity index (χ4v) is 1.96. The molecule has 3 N–H and O–H groups in total. The number of halogens is 1. The van der Waals surface area contributed by atoms with Gasteiger partial charge in [0, 0.05) is 11.8 Å². The maximum Gasteiger partial charge on any atom is 0.257 e. The zero-order valence-electron chi connectivity index (χ0n) is 11.2. The lowest BCUT2D eigenvalue weighted by molar-refractivity contribution is 0.102. The maximum absolute atomic E-state index is 12.2. The van der Waals surface area contributed by atoms with E-state index in [1.807, 2.05) is 13.0 Å². The maximum atomic E-state index is 12.2. The molecule has 5 heteroatoms. The molecular weight excluding hydrogens is 276 g/mol. The van der Waals surface area contributed by atoms with E-state index < -0.39 is 0 Å². The van der Waals surface area contributed by atoms with Crippen LogP contribution < -0.4 is 15.8 Å². The van der Waals surface area contributed by atoms with Crippen molar-refractivity contribution in [2.75, 3.05) is 18.2 Å². The molecule has 2 aromatic carbocycles. The summed E-state index contributed by atoms with van der Waals surface area (Å²) >= 11 is 6.05. The number of hydrogen-bond acceptors (Lipinski definition) is 3. The van der Waals surface area contributed by atoms with Gasteiger partial charge in [-0.2, -0.15) is 0 Å². The topological polar surface area (TPSA) is 64.3 Å². The van der Waals surface area contributed by atoms with Crippen LogP contribution in [0.2, 0.25) is 5.02 Å². The number of carbonyl (C=O) groups excluding carboxylic acids is 1. The zero-order chi connectivity index (χ0) is 14.7. The Morgan fingerprint density at radius 3 is 2.65 bits per heavy atom. The van der Waals surface area contributed by atoms with Gasteiger partial charge in [-0.3, -0.25) is 4.79 Å². The quantitative estimate of drug-likeness (QED) is 0.851. The van der Waals surface area contributed by atoms with E-state index in [-0.39, 0.29) is 5.91 Å². The van der Waals surface area contributed by atoms with Crippen LogP contribution in [0.25, 0.3) is 0 Å². The van der Waals surface area contributed by atoms with E-state index in [2.05, 4.69) is 5.32 Å². The van der Waals surface area contributed by atoms with Crippen molar-refractivity contribution in [2.24, 2.45) is 0 Å². The van der Waals surface area contributed by atoms with Crippen molar-refractivity contribution < 1.29 is 9.53 Å². The van der Waals surface area contributed by atoms with E-state index in [0.717, 1.165) is 5.56 Å². The van der Waals surface area contributed by atoms with Gasteiger partial charge in [0.2, 0.25) is 0 Å². The fraction of sp³-hybridized carbons (Fsp3) is 0.133. The molecule has 0 radical (unpaired) electrons. The Bertz CT molecular complexity index is 656. The second-order valence-electron chi connectivity index (χ2n) is 4.39. The smallest absolute Gasteiger partial charge is 0.257 e. The second-order valence-corrected chi connectivity index (χ2v) is 4.80. The third-order valence-corrected chi connectivity index (χ3v) is 3.20. The lowest BCUT2D eigenvalue weighted by Gasteiger charge is -2.10. The van der Waals surface area contributed by atoms with E-state index in [9.17, 15) is 4.79 Å². The molecular formula is C15H15ClN2O2. The summed E-state index contributed by atoms with van der Waals surface area (Å²) in [6, 6.07) is 10.3. The van der Waals surface area contributed by atoms with Crippen LogP contribution in [0.4, 0.5) is 11.4 Å². The molecule has 0 fully saturated rings. The highest BCUT2D eigenvalue weighted by molar-refractivity contribution is 6.34. The molecule has 1 amide bonds. The normalized spacial score (nSPS) is 10.2. The number of benzene rings is 2. The van der Waals surface area contributed by atoms with Gasteiger partial charge in [0.25, 0.3) is 5.91 Å². The Morgan fingerprint density at radius 2 is 2.00 bits per heavy atom. The Labute approximate surface area is 122 Å². The van der Waals surface area contributed by atoms with E-state index in [1.165, 1.54) is 0 Å². The summed E-state index contributed by atoms with van der Waals surface area (Å²) in [6.07, 6.45) is 0. The van der Waals surface area contributed by atoms with Gasteiger partial charge in [0.1, 0.15) is 5.75 Å². The monoisotopic (exact) mass is 290 g/mol. The molecule has 0 saturated carbocycles. The van der Waals surface area contributed by atoms with Gasteiger partial charge in [-0.1, -0.05) is 17.7 Å². The molecule has 0 heterocycles. The summed E-state index contributed by atoms with van der Waals surface area (Å²) < 4.78 is 5.05. The van der Waals surface area contributed by atoms with Gasteiger partial charge in [-0.05, 0) is 36.8 Å². The Morgan fingerprint density at radius 1 is 1.25 bits per heavy atom. The molecule has 0 unspecified atom stereocenters. The first-order chi connectivity index (χ1) is 9.51. The van der Waals surface area contributed by atoms with Crippen molar-refractivity contribution in [3.8, 4) is 5.75 Å². The molecule has 0 atom stereocenters. The first-order valence-electron chi connectivity index (χ1n) is 6.02. The van der Waals surface area contributed by atoms with Crippen LogP contribution in [0.3, 0.4) is 0 Å². The lowest BCUT2D eigenvalue weighted by atomic mass is 10.1. The van der Waals surface area contributed by atoms with Crippen LogP contribution in [-0.4, -0.2) is 13.0 Å². The van der Waals surface area contributed by atoms with Crippen LogP contribution in [0.15, 0.2) is 36.4 Å². The predicted octanol–water partition coefficient (Wildman–Crippen LogP) is 3.49. The molecule has 0 saturated heterocycles. The molecule has 2 rings (SSSR count). The summed E-state index contributed by atoms with van der Waals surface area (Å²) in [5.74, 6) is 0.297. The number of methoxy groups -OCH3 is 1. The van der Waals surface area contributed by atoms with Gasteiger partial charge >= 0.3 is 0 Å². The number of nitrogens with two attached hydrogens (primary N) is 1. The number of anilines is 2. The van der Waals surface area contributed by atoms with Crippen molar-refractivity contribution in [1.82, 2.24) is 0 Å². The van der Waals surface area contributed by atoms with E-state index in [4.69, 9.17) is 22.1 Å². The molecule has 4 nitrogen and oxygen atoms in total. The third kappa shape index (κ3) is 3.03. The van der Waals surface area contributed by atoms with Crippen LogP contribution in [-0.2, 0) is 0 Å². The summed E-state index contributed by atoms with van der Waals surface area (Å²) in [5, 5.41) is 3.24. The fourth-order valence-electron chi connectivity index (χ4n) is 1.80. The third-order valence-electron chi connectivity index (χ3n) is 2.87. The van der Waals surface area contributed by atoms with Crippen molar-refractivity contribution >= 4 is 28.9 Å². The van der Waals surface area contributed by atoms with Gasteiger partial charge < -0.3 is 15.8 Å². The molecule has 0 aromatic heterocycles. The average molecular weight is 291 g/mol. The highest BCUT2D eigenvalue weighted by Crippen LogP contribution is 2.25. The Hall–Kier alpha value is -2.20. The number of ether oxygens (including phenoxy) is 1. The molecule has 0 aliphatic carbocycles. The summed E-state index contributed by atoms with van der Waals surface area (Å²) in [7, 11) is 1.54. The number of nitrogen functional groups attached to an aromatic ring is 1. The van der Waals surface area contributed by atoms with Crippen molar-refractivity contribution in [3.63, 3.8) is 0 Å². The average Bonchev–Trinajstić information content (AvgIpc) is 2.42. The molecule has 0 aliphatic rings. The van der Waals surface area contributed by atoms with Crippen molar-refractivity contribution in [2.45, 2.75) is 6.92 Å². The van der Waals surface area contributed by atoms with Crippen LogP contribution in [0.1, 0.15) is 15.9 Å². The highest BCUT2D eigenvalue weighted by atomic mass is 35.5. The lowest BCUT2D eigenvalue weighted by Crippen LogP contribution is -2.14. The first kappa shape index (κ1) is 14.2. The largest absolute Gasteiger partial charge is 0.497 e. The number of aryl methyl sites for hydroxylation is 1. The minimum absolute atomic E-state index is 0.308. The first-order valence-corrected chi connectivity index (χ1v) is 6.40. The van der Waals surface area contributed by atoms with Crippen molar-refractivity contribution in [1.29, 1.82) is 0 Å². The predicted molar refractivity (Wildman–Crippen MR) is 81.5 cm³/mol. The zero-order valence-corrected chi connectivity index (χ0v) is 12.0. The minimum Gasteiger partial charge on any atom is -0.497 e. The molecule has 104 valence electrons. The van der Waals surface area contributed by atoms with Gasteiger partial charge in [0.05, 0.1) is 23.4 Å². The number of hydrogen-bond donors (Lipinski definition) is 2. The second kappa shape index (κ2) is 5.84. The van der Waals surface area contributed by atoms with Crippen LogP contribution in [0.5, 0.6) is 5.75 Å². The standard InChI is InChI=1S/C15H15ClN2O2/c1-9-3-6-12(16)14(7-9)18-15(19)11-5-4-10(20-2)8-13(11)17/h3-8H,17H2,1-2H3,(H,18,19). The van der Waals surface area contributed by atoms with E-state index in [1.54, 1.807) is 37.4 Å². The number of nitrogens with one attached hydrogen (secondary N) is 1. The SMILES string of the molecule is COc1ccc(C(=O)Nc2cc(C)ccc2Cl)c(N)c1. The van der Waals surface area contributed by atoms with E-state index >= 15 is 0 Å². The molecule has 2 aromatic rings. The molecule has 0 spiro atoms. The van der Waals surface area contributed by atoms with Gasteiger partial charge in [0.15, 0.2) is 0 Å².